The smallest absolute Gasteiger partial charge is 0.245 e. The van der Waals surface area contributed by atoms with Crippen LogP contribution in [0.1, 0.15) is 72.8 Å². The van der Waals surface area contributed by atoms with E-state index in [1.165, 1.54) is 14.2 Å². The maximum Gasteiger partial charge on any atom is 0.245 e. The highest BCUT2D eigenvalue weighted by Gasteiger charge is 2.43. The van der Waals surface area contributed by atoms with Crippen molar-refractivity contribution in [1.29, 1.82) is 0 Å². The van der Waals surface area contributed by atoms with Crippen molar-refractivity contribution in [2.75, 3.05) is 49.0 Å². The van der Waals surface area contributed by atoms with Crippen LogP contribution in [-0.2, 0) is 39.9 Å². The number of hydrogen-bond donors (Lipinski definition) is 3. The van der Waals surface area contributed by atoms with E-state index in [-0.39, 0.29) is 53.8 Å². The maximum atomic E-state index is 14.2. The van der Waals surface area contributed by atoms with Gasteiger partial charge in [0.2, 0.25) is 29.5 Å². The lowest BCUT2D eigenvalue weighted by Gasteiger charge is -2.41. The molecule has 5 amide bonds. The predicted molar refractivity (Wildman–Crippen MR) is 211 cm³/mol. The molecule has 1 fully saturated rings. The summed E-state index contributed by atoms with van der Waals surface area (Å²) in [6, 6.07) is 6.44. The third kappa shape index (κ3) is 12.1. The largest absolute Gasteiger partial charge is 0.379 e. The molecule has 1 aliphatic rings. The van der Waals surface area contributed by atoms with Gasteiger partial charge in [0, 0.05) is 41.3 Å². The molecule has 1 aliphatic heterocycles. The molecule has 0 aliphatic carbocycles. The fraction of sp³-hybridized carbons (Fsp3) is 0.683. The summed E-state index contributed by atoms with van der Waals surface area (Å²) in [6.45, 7) is 15.8. The fourth-order valence-electron chi connectivity index (χ4n) is 7.71. The molecule has 0 spiro atoms. The molecule has 2 rings (SSSR count). The lowest BCUT2D eigenvalue weighted by atomic mass is 9.89. The van der Waals surface area contributed by atoms with Crippen molar-refractivity contribution in [3.05, 3.63) is 48.0 Å². The van der Waals surface area contributed by atoms with E-state index in [2.05, 4.69) is 22.5 Å². The first-order valence-corrected chi connectivity index (χ1v) is 19.2. The number of likely N-dealkylation sites (tertiary alicyclic amines) is 1. The van der Waals surface area contributed by atoms with E-state index in [1.807, 2.05) is 58.0 Å². The van der Waals surface area contributed by atoms with Crippen molar-refractivity contribution in [2.45, 2.75) is 116 Å². The molecule has 2 unspecified atom stereocenters. The van der Waals surface area contributed by atoms with Crippen molar-refractivity contribution in [1.82, 2.24) is 30.7 Å². The van der Waals surface area contributed by atoms with Crippen LogP contribution in [0, 0.1) is 17.8 Å². The predicted octanol–water partition coefficient (Wildman–Crippen LogP) is 3.03. The molecule has 9 atom stereocenters. The Morgan fingerprint density at radius 2 is 1.57 bits per heavy atom. The molecule has 0 saturated carbocycles. The summed E-state index contributed by atoms with van der Waals surface area (Å²) >= 11 is 0. The normalized spacial score (nSPS) is 18.9. The van der Waals surface area contributed by atoms with Gasteiger partial charge in [0.1, 0.15) is 18.1 Å². The van der Waals surface area contributed by atoms with Gasteiger partial charge in [-0.3, -0.25) is 28.9 Å². The molecular formula is C41H68N6O7. The maximum absolute atomic E-state index is 14.2. The zero-order valence-electron chi connectivity index (χ0n) is 34.8. The second kappa shape index (κ2) is 21.9. The number of amides is 5. The molecule has 13 heteroatoms. The Labute approximate surface area is 323 Å². The van der Waals surface area contributed by atoms with Crippen LogP contribution in [0.4, 0.5) is 0 Å². The van der Waals surface area contributed by atoms with Crippen LogP contribution in [0.5, 0.6) is 0 Å². The van der Waals surface area contributed by atoms with Crippen molar-refractivity contribution in [3.63, 3.8) is 0 Å². The first kappa shape index (κ1) is 46.3. The minimum absolute atomic E-state index is 0.00350. The van der Waals surface area contributed by atoms with Gasteiger partial charge >= 0.3 is 0 Å². The molecule has 54 heavy (non-hydrogen) atoms. The van der Waals surface area contributed by atoms with Crippen molar-refractivity contribution in [2.24, 2.45) is 17.8 Å². The van der Waals surface area contributed by atoms with Crippen LogP contribution in [0.15, 0.2) is 42.5 Å². The van der Waals surface area contributed by atoms with Gasteiger partial charge in [0.25, 0.3) is 0 Å². The summed E-state index contributed by atoms with van der Waals surface area (Å²) in [4.78, 5) is 73.4. The van der Waals surface area contributed by atoms with Gasteiger partial charge in [-0.25, -0.2) is 0 Å². The number of methoxy groups -OCH3 is 2. The standard InChI is InChI=1S/C41H68N6O7/c1-14-27(6)36(46(11)41(52)34(25(2)3)44-40(51)35(26(4)5)45(9)10)32(53-12)24-33(48)47-22-18-21-31(47)37(54-13)28(7)38(49)43-30(39(50)42-8)23-29-19-16-15-17-20-29/h15-17,19-20,25,27-28,30-32,34-37H,4,14,18,21-24H2,1-3,5-13H3,(H,42,50)(H,43,49)(H,44,51)/t27?,28-,30?,31+,32-,34+,35+,36+,37-/m1/s1. The van der Waals surface area contributed by atoms with Crippen LogP contribution in [0.25, 0.3) is 0 Å². The average Bonchev–Trinajstić information content (AvgIpc) is 3.62. The van der Waals surface area contributed by atoms with E-state index in [0.717, 1.165) is 18.4 Å². The van der Waals surface area contributed by atoms with E-state index in [9.17, 15) is 24.0 Å². The number of nitrogens with zero attached hydrogens (tertiary/aromatic N) is 3. The van der Waals surface area contributed by atoms with Gasteiger partial charge in [-0.2, -0.15) is 0 Å². The SMILES string of the molecule is C=C(C)[C@@H](C(=O)N[C@H](C(=O)N(C)[C@@H](C(C)CC)[C@@H](CC(=O)N1CCC[C@H]1[C@H](OC)[C@@H](C)C(=O)NC(Cc1ccccc1)C(=O)NC)OC)C(C)C)N(C)C. The van der Waals surface area contributed by atoms with Crippen molar-refractivity contribution < 1.29 is 33.4 Å². The Morgan fingerprint density at radius 1 is 0.944 bits per heavy atom. The highest BCUT2D eigenvalue weighted by atomic mass is 16.5. The second-order valence-electron chi connectivity index (χ2n) is 15.4. The molecule has 1 saturated heterocycles. The first-order chi connectivity index (χ1) is 25.4. The number of carbonyl (C=O) groups excluding carboxylic acids is 5. The minimum Gasteiger partial charge on any atom is -0.379 e. The molecule has 0 bridgehead atoms. The van der Waals surface area contributed by atoms with E-state index < -0.39 is 42.3 Å². The van der Waals surface area contributed by atoms with Gasteiger partial charge in [-0.15, -0.1) is 0 Å². The van der Waals surface area contributed by atoms with Gasteiger partial charge < -0.3 is 35.2 Å². The summed E-state index contributed by atoms with van der Waals surface area (Å²) in [5.74, 6) is -2.31. The van der Waals surface area contributed by atoms with Crippen LogP contribution >= 0.6 is 0 Å². The molecular weight excluding hydrogens is 688 g/mol. The van der Waals surface area contributed by atoms with Gasteiger partial charge in [-0.1, -0.05) is 83.5 Å². The second-order valence-corrected chi connectivity index (χ2v) is 15.4. The zero-order chi connectivity index (χ0) is 40.9. The summed E-state index contributed by atoms with van der Waals surface area (Å²) in [7, 11) is 9.92. The Hall–Kier alpha value is -3.81. The van der Waals surface area contributed by atoms with E-state index in [1.54, 1.807) is 56.8 Å². The quantitative estimate of drug-likeness (QED) is 0.162. The fourth-order valence-corrected chi connectivity index (χ4v) is 7.71. The van der Waals surface area contributed by atoms with Crippen LogP contribution in [-0.4, -0.2) is 136 Å². The number of rotatable bonds is 21. The molecule has 0 radical (unpaired) electrons. The number of carbonyl (C=O) groups is 5. The molecule has 1 aromatic rings. The third-order valence-electron chi connectivity index (χ3n) is 10.9. The van der Waals surface area contributed by atoms with E-state index in [0.29, 0.717) is 25.0 Å². The topological polar surface area (TPSA) is 150 Å². The number of hydrogen-bond acceptors (Lipinski definition) is 8. The third-order valence-corrected chi connectivity index (χ3v) is 10.9. The lowest BCUT2D eigenvalue weighted by Crippen LogP contribution is -2.59. The lowest BCUT2D eigenvalue weighted by molar-refractivity contribution is -0.148. The monoisotopic (exact) mass is 757 g/mol. The molecule has 304 valence electrons. The summed E-state index contributed by atoms with van der Waals surface area (Å²) in [6.07, 6.45) is 1.15. The van der Waals surface area contributed by atoms with Gasteiger partial charge in [-0.05, 0) is 51.3 Å². The van der Waals surface area contributed by atoms with Gasteiger partial charge in [0.15, 0.2) is 0 Å². The van der Waals surface area contributed by atoms with E-state index in [4.69, 9.17) is 9.47 Å². The summed E-state index contributed by atoms with van der Waals surface area (Å²) in [5.41, 5.74) is 1.58. The number of likely N-dealkylation sites (N-methyl/N-ethyl adjacent to an activating group) is 3. The van der Waals surface area contributed by atoms with Crippen molar-refractivity contribution >= 4 is 29.5 Å². The highest BCUT2D eigenvalue weighted by molar-refractivity contribution is 5.91. The molecule has 1 heterocycles. The number of benzene rings is 1. The van der Waals surface area contributed by atoms with Crippen LogP contribution < -0.4 is 16.0 Å². The van der Waals surface area contributed by atoms with Crippen LogP contribution in [0.2, 0.25) is 0 Å². The summed E-state index contributed by atoms with van der Waals surface area (Å²) < 4.78 is 11.9. The first-order valence-electron chi connectivity index (χ1n) is 19.2. The molecule has 0 aromatic heterocycles. The van der Waals surface area contributed by atoms with Crippen LogP contribution in [0.3, 0.4) is 0 Å². The Balaban J connectivity index is 2.29. The Bertz CT molecular complexity index is 1410. The highest BCUT2D eigenvalue weighted by Crippen LogP contribution is 2.30. The number of nitrogens with one attached hydrogen (secondary N) is 3. The molecule has 3 N–H and O–H groups in total. The van der Waals surface area contributed by atoms with Gasteiger partial charge in [0.05, 0.1) is 36.6 Å². The summed E-state index contributed by atoms with van der Waals surface area (Å²) in [5, 5.41) is 8.54. The minimum atomic E-state index is -0.808. The average molecular weight is 757 g/mol. The number of ether oxygens (including phenoxy) is 2. The Kier molecular flexibility index (Phi) is 18.8. The van der Waals surface area contributed by atoms with Crippen molar-refractivity contribution in [3.8, 4) is 0 Å². The zero-order valence-corrected chi connectivity index (χ0v) is 34.8. The molecule has 13 nitrogen and oxygen atoms in total. The van der Waals surface area contributed by atoms with E-state index >= 15 is 0 Å². The Morgan fingerprint density at radius 3 is 2.07 bits per heavy atom. The molecule has 1 aromatic carbocycles.